The second-order valence-corrected chi connectivity index (χ2v) is 9.64. The van der Waals surface area contributed by atoms with Crippen molar-refractivity contribution >= 4 is 29.1 Å². The molecule has 4 aliphatic rings. The van der Waals surface area contributed by atoms with Crippen molar-refractivity contribution in [1.82, 2.24) is 10.2 Å². The molecule has 1 spiro atoms. The minimum Gasteiger partial charge on any atom is -0.381 e. The second-order valence-electron chi connectivity index (χ2n) is 8.63. The van der Waals surface area contributed by atoms with E-state index in [1.807, 2.05) is 6.08 Å². The second kappa shape index (κ2) is 7.38. The third-order valence-electron chi connectivity index (χ3n) is 6.74. The Balaban J connectivity index is 1.40. The number of fused-ring (bicyclic) bond motifs is 1. The molecule has 4 fully saturated rings. The van der Waals surface area contributed by atoms with Crippen LogP contribution in [-0.2, 0) is 9.53 Å². The molecule has 4 rings (SSSR count). The number of nitrogens with one attached hydrogen (secondary N) is 1. The highest BCUT2D eigenvalue weighted by molar-refractivity contribution is 6.55. The van der Waals surface area contributed by atoms with Crippen LogP contribution in [0.15, 0.2) is 10.6 Å². The van der Waals surface area contributed by atoms with E-state index >= 15 is 0 Å². The summed E-state index contributed by atoms with van der Waals surface area (Å²) >= 11 is 11.6. The molecule has 1 N–H and O–H groups in total. The van der Waals surface area contributed by atoms with Crippen molar-refractivity contribution in [1.29, 1.82) is 0 Å². The molecule has 2 aliphatic carbocycles. The zero-order valence-electron chi connectivity index (χ0n) is 14.7. The number of hydrogen-bond donors (Lipinski definition) is 1. The van der Waals surface area contributed by atoms with Gasteiger partial charge in [-0.05, 0) is 61.9 Å². The number of carbonyl (C=O) groups is 1. The van der Waals surface area contributed by atoms with Gasteiger partial charge in [-0.3, -0.25) is 9.69 Å². The minimum atomic E-state index is 0.221. The van der Waals surface area contributed by atoms with E-state index in [9.17, 15) is 4.79 Å². The van der Waals surface area contributed by atoms with Crippen LogP contribution in [0, 0.1) is 23.2 Å². The number of amides is 1. The molecular weight excluding hydrogens is 359 g/mol. The lowest BCUT2D eigenvalue weighted by atomic mass is 9.72. The Hall–Kier alpha value is -0.290. The van der Waals surface area contributed by atoms with Gasteiger partial charge < -0.3 is 10.1 Å². The molecule has 2 unspecified atom stereocenters. The predicted octanol–water partition coefficient (Wildman–Crippen LogP) is 3.34. The first-order valence-corrected chi connectivity index (χ1v) is 10.4. The average Bonchev–Trinajstić information content (AvgIpc) is 3.19. The van der Waals surface area contributed by atoms with Crippen molar-refractivity contribution in [3.63, 3.8) is 0 Å². The quantitative estimate of drug-likeness (QED) is 0.805. The summed E-state index contributed by atoms with van der Waals surface area (Å²) in [5.41, 5.74) is 0.249. The molecule has 2 heterocycles. The third kappa shape index (κ3) is 4.35. The van der Waals surface area contributed by atoms with Gasteiger partial charge in [-0.25, -0.2) is 0 Å². The van der Waals surface area contributed by atoms with Crippen LogP contribution < -0.4 is 5.32 Å². The SMILES string of the molecule is O=C(NC1CN(CC=C(Cl)Cl)CC2(CCOCC2)C1)C1C[C@@H]2C[C@@H]2C1. The molecule has 4 atom stereocenters. The number of halogens is 2. The summed E-state index contributed by atoms with van der Waals surface area (Å²) < 4.78 is 5.90. The van der Waals surface area contributed by atoms with Crippen LogP contribution >= 0.6 is 23.2 Å². The summed E-state index contributed by atoms with van der Waals surface area (Å²) in [4.78, 5) is 15.1. The van der Waals surface area contributed by atoms with Crippen LogP contribution in [0.1, 0.15) is 38.5 Å². The Morgan fingerprint density at radius 3 is 2.60 bits per heavy atom. The molecule has 0 radical (unpaired) electrons. The fourth-order valence-electron chi connectivity index (χ4n) is 5.35. The Morgan fingerprint density at radius 2 is 1.92 bits per heavy atom. The highest BCUT2D eigenvalue weighted by atomic mass is 35.5. The lowest BCUT2D eigenvalue weighted by Crippen LogP contribution is -2.57. The highest BCUT2D eigenvalue weighted by Crippen LogP contribution is 2.54. The van der Waals surface area contributed by atoms with E-state index in [0.29, 0.717) is 4.49 Å². The van der Waals surface area contributed by atoms with Gasteiger partial charge in [-0.1, -0.05) is 23.2 Å². The molecule has 0 aromatic carbocycles. The van der Waals surface area contributed by atoms with E-state index in [0.717, 1.165) is 76.8 Å². The van der Waals surface area contributed by atoms with Crippen LogP contribution in [0.2, 0.25) is 0 Å². The average molecular weight is 387 g/mol. The van der Waals surface area contributed by atoms with Crippen molar-refractivity contribution < 1.29 is 9.53 Å². The van der Waals surface area contributed by atoms with Crippen molar-refractivity contribution in [3.8, 4) is 0 Å². The predicted molar refractivity (Wildman–Crippen MR) is 99.6 cm³/mol. The van der Waals surface area contributed by atoms with E-state index in [1.54, 1.807) is 0 Å². The smallest absolute Gasteiger partial charge is 0.223 e. The van der Waals surface area contributed by atoms with Gasteiger partial charge in [-0.15, -0.1) is 0 Å². The summed E-state index contributed by atoms with van der Waals surface area (Å²) in [6.07, 6.45) is 8.63. The number of hydrogen-bond acceptors (Lipinski definition) is 3. The molecule has 25 heavy (non-hydrogen) atoms. The monoisotopic (exact) mass is 386 g/mol. The van der Waals surface area contributed by atoms with Crippen molar-refractivity contribution in [2.45, 2.75) is 44.6 Å². The lowest BCUT2D eigenvalue weighted by molar-refractivity contribution is -0.127. The number of likely N-dealkylation sites (tertiary alicyclic amines) is 1. The van der Waals surface area contributed by atoms with Crippen LogP contribution in [0.4, 0.5) is 0 Å². The Morgan fingerprint density at radius 1 is 1.20 bits per heavy atom. The van der Waals surface area contributed by atoms with Gasteiger partial charge in [0.05, 0.1) is 0 Å². The topological polar surface area (TPSA) is 41.6 Å². The zero-order chi connectivity index (χ0) is 17.4. The molecule has 0 aromatic heterocycles. The first-order valence-electron chi connectivity index (χ1n) is 9.65. The fourth-order valence-corrected chi connectivity index (χ4v) is 5.49. The molecule has 6 heteroatoms. The van der Waals surface area contributed by atoms with Gasteiger partial charge >= 0.3 is 0 Å². The van der Waals surface area contributed by atoms with Crippen LogP contribution in [0.25, 0.3) is 0 Å². The zero-order valence-corrected chi connectivity index (χ0v) is 16.2. The lowest BCUT2D eigenvalue weighted by Gasteiger charge is -2.48. The number of carbonyl (C=O) groups excluding carboxylic acids is 1. The minimum absolute atomic E-state index is 0.221. The summed E-state index contributed by atoms with van der Waals surface area (Å²) in [6.45, 7) is 4.31. The first kappa shape index (κ1) is 18.1. The van der Waals surface area contributed by atoms with Gasteiger partial charge in [0.1, 0.15) is 4.49 Å². The molecule has 2 saturated heterocycles. The maximum atomic E-state index is 12.7. The van der Waals surface area contributed by atoms with E-state index in [-0.39, 0.29) is 23.3 Å². The normalized spacial score (nSPS) is 36.7. The number of nitrogens with zero attached hydrogens (tertiary/aromatic N) is 1. The Kier molecular flexibility index (Phi) is 5.34. The van der Waals surface area contributed by atoms with E-state index in [1.165, 1.54) is 6.42 Å². The molecule has 1 amide bonds. The fraction of sp³-hybridized carbons (Fsp3) is 0.842. The van der Waals surface area contributed by atoms with Crippen LogP contribution in [-0.4, -0.2) is 49.7 Å². The highest BCUT2D eigenvalue weighted by Gasteiger charge is 2.48. The maximum Gasteiger partial charge on any atom is 0.223 e. The first-order chi connectivity index (χ1) is 12.0. The van der Waals surface area contributed by atoms with Gasteiger partial charge in [0, 0.05) is 44.8 Å². The van der Waals surface area contributed by atoms with Gasteiger partial charge in [0.25, 0.3) is 0 Å². The van der Waals surface area contributed by atoms with E-state index in [2.05, 4.69) is 10.2 Å². The summed E-state index contributed by atoms with van der Waals surface area (Å²) in [5, 5.41) is 3.38. The number of piperidine rings is 1. The molecule has 4 nitrogen and oxygen atoms in total. The summed E-state index contributed by atoms with van der Waals surface area (Å²) in [5.74, 6) is 2.22. The standard InChI is InChI=1S/C19H28Cl2N2O2/c20-17(21)1-4-23-11-16(10-19(12-23)2-5-25-6-3-19)22-18(24)15-8-13-7-14(13)9-15/h1,13-16H,2-12H2,(H,22,24)/t13-,14+,15?,16?. The number of rotatable bonds is 4. The molecule has 0 bridgehead atoms. The molecule has 0 aromatic rings. The summed E-state index contributed by atoms with van der Waals surface area (Å²) in [6, 6.07) is 0.221. The molecule has 2 saturated carbocycles. The summed E-state index contributed by atoms with van der Waals surface area (Å²) in [7, 11) is 0. The number of ether oxygens (including phenoxy) is 1. The third-order valence-corrected chi connectivity index (χ3v) is 7.04. The van der Waals surface area contributed by atoms with Gasteiger partial charge in [0.2, 0.25) is 5.91 Å². The maximum absolute atomic E-state index is 12.7. The van der Waals surface area contributed by atoms with Gasteiger partial charge in [0.15, 0.2) is 0 Å². The van der Waals surface area contributed by atoms with Crippen molar-refractivity contribution in [3.05, 3.63) is 10.6 Å². The van der Waals surface area contributed by atoms with Crippen LogP contribution in [0.3, 0.4) is 0 Å². The van der Waals surface area contributed by atoms with Crippen molar-refractivity contribution in [2.24, 2.45) is 23.2 Å². The van der Waals surface area contributed by atoms with E-state index in [4.69, 9.17) is 27.9 Å². The Bertz CT molecular complexity index is 534. The van der Waals surface area contributed by atoms with E-state index < -0.39 is 0 Å². The van der Waals surface area contributed by atoms with Crippen LogP contribution in [0.5, 0.6) is 0 Å². The Labute approximate surface area is 160 Å². The van der Waals surface area contributed by atoms with Gasteiger partial charge in [-0.2, -0.15) is 0 Å². The molecule has 140 valence electrons. The largest absolute Gasteiger partial charge is 0.381 e. The van der Waals surface area contributed by atoms with Crippen molar-refractivity contribution in [2.75, 3.05) is 32.8 Å². The molecule has 2 aliphatic heterocycles. The molecular formula is C19H28Cl2N2O2.